The van der Waals surface area contributed by atoms with Crippen LogP contribution >= 0.6 is 0 Å². The molecule has 1 aliphatic rings. The monoisotopic (exact) mass is 1450 g/mol. The molecule has 31 nitrogen and oxygen atoms in total. The number of aromatic amines is 1. The van der Waals surface area contributed by atoms with E-state index in [2.05, 4.69) is 111 Å². The van der Waals surface area contributed by atoms with Gasteiger partial charge >= 0.3 is 5.69 Å². The second-order valence-corrected chi connectivity index (χ2v) is 21.8. The highest BCUT2D eigenvalue weighted by molar-refractivity contribution is 6.10. The summed E-state index contributed by atoms with van der Waals surface area (Å²) in [4.78, 5) is 71.2. The maximum Gasteiger partial charge on any atom is 0.328 e. The number of amides is 1. The Balaban J connectivity index is 0.000000429. The highest BCUT2D eigenvalue weighted by Crippen LogP contribution is 2.19. The molecule has 7 rings (SSSR count). The van der Waals surface area contributed by atoms with Crippen LogP contribution in [0.1, 0.15) is 72.8 Å². The molecule has 1 aliphatic heterocycles. The third-order valence-corrected chi connectivity index (χ3v) is 13.9. The first-order valence-electron chi connectivity index (χ1n) is 32.1. The van der Waals surface area contributed by atoms with Crippen molar-refractivity contribution in [3.8, 4) is 71.0 Å². The second-order valence-electron chi connectivity index (χ2n) is 21.8. The molecule has 105 heavy (non-hydrogen) atoms. The van der Waals surface area contributed by atoms with Gasteiger partial charge in [0.1, 0.15) is 34.9 Å². The number of anilines is 4. The Morgan fingerprint density at radius 2 is 0.924 bits per heavy atom. The molecule has 11 N–H and O–H groups in total. The minimum Gasteiger partial charge on any atom is -0.384 e. The average molecular weight is 1450 g/mol. The van der Waals surface area contributed by atoms with Crippen LogP contribution in [0.4, 0.5) is 23.5 Å². The summed E-state index contributed by atoms with van der Waals surface area (Å²) in [6.07, 6.45) is 14.3. The second kappa shape index (κ2) is 54.0. The Morgan fingerprint density at radius 3 is 1.37 bits per heavy atom. The Kier molecular flexibility index (Phi) is 46.5. The zero-order valence-electron chi connectivity index (χ0n) is 62.0. The van der Waals surface area contributed by atoms with Gasteiger partial charge in [-0.3, -0.25) is 24.8 Å². The molecule has 6 atom stereocenters. The molecule has 31 heteroatoms. The number of aromatic nitrogens is 9. The van der Waals surface area contributed by atoms with Crippen molar-refractivity contribution in [3.63, 3.8) is 0 Å². The summed E-state index contributed by atoms with van der Waals surface area (Å²) in [6.45, 7) is 2.98. The van der Waals surface area contributed by atoms with Gasteiger partial charge in [0.25, 0.3) is 17.0 Å². The Hall–Kier alpha value is -10.7. The maximum absolute atomic E-state index is 11.5. The van der Waals surface area contributed by atoms with E-state index in [1.54, 1.807) is 141 Å². The normalized spacial score (nSPS) is 12.5. The van der Waals surface area contributed by atoms with Gasteiger partial charge in [0.05, 0.1) is 98.5 Å². The first-order valence-corrected chi connectivity index (χ1v) is 32.1. The van der Waals surface area contributed by atoms with E-state index in [9.17, 15) is 19.2 Å². The van der Waals surface area contributed by atoms with Gasteiger partial charge < -0.3 is 94.2 Å². The van der Waals surface area contributed by atoms with Crippen molar-refractivity contribution in [2.75, 3.05) is 148 Å². The van der Waals surface area contributed by atoms with Crippen molar-refractivity contribution in [2.24, 2.45) is 14.1 Å². The molecule has 1 aromatic carbocycles. The van der Waals surface area contributed by atoms with E-state index < -0.39 is 16.8 Å². The van der Waals surface area contributed by atoms with Crippen LogP contribution in [0.5, 0.6) is 0 Å². The van der Waals surface area contributed by atoms with E-state index in [-0.39, 0.29) is 65.8 Å². The van der Waals surface area contributed by atoms with Gasteiger partial charge in [0.2, 0.25) is 11.9 Å². The predicted molar refractivity (Wildman–Crippen MR) is 400 cm³/mol. The number of nitrogens with one attached hydrogen (secondary N) is 3. The lowest BCUT2D eigenvalue weighted by Gasteiger charge is -2.11. The Morgan fingerprint density at radius 1 is 0.495 bits per heavy atom. The van der Waals surface area contributed by atoms with Crippen LogP contribution in [0.3, 0.4) is 0 Å². The molecule has 6 unspecified atom stereocenters. The molecule has 1 amide bonds. The van der Waals surface area contributed by atoms with E-state index in [4.69, 9.17) is 85.2 Å². The predicted octanol–water partition coefficient (Wildman–Crippen LogP) is 2.85. The van der Waals surface area contributed by atoms with Crippen molar-refractivity contribution in [1.29, 1.82) is 5.41 Å². The highest BCUT2D eigenvalue weighted by atomic mass is 16.5. The lowest BCUT2D eigenvalue weighted by atomic mass is 10.1. The summed E-state index contributed by atoms with van der Waals surface area (Å²) < 4.78 is 63.8. The molecule has 6 heterocycles. The molecular formula is C74H97N15O16. The van der Waals surface area contributed by atoms with E-state index >= 15 is 0 Å². The van der Waals surface area contributed by atoms with Gasteiger partial charge in [0, 0.05) is 186 Å². The number of pyridine rings is 1. The highest BCUT2D eigenvalue weighted by Gasteiger charge is 2.15. The van der Waals surface area contributed by atoms with Crippen molar-refractivity contribution in [1.82, 2.24) is 49.3 Å². The van der Waals surface area contributed by atoms with Crippen molar-refractivity contribution in [3.05, 3.63) is 138 Å². The van der Waals surface area contributed by atoms with Gasteiger partial charge in [0.15, 0.2) is 0 Å². The number of hydrogen-bond acceptors (Lipinski definition) is 27. The summed E-state index contributed by atoms with van der Waals surface area (Å²) >= 11 is 0. The van der Waals surface area contributed by atoms with E-state index in [0.29, 0.717) is 107 Å². The molecule has 6 aromatic rings. The largest absolute Gasteiger partial charge is 0.384 e. The van der Waals surface area contributed by atoms with Crippen LogP contribution in [0.25, 0.3) is 10.9 Å². The molecule has 0 bridgehead atoms. The number of nitrogen functional groups attached to an aromatic ring is 4. The number of aryl methyl sites for hydroxylation is 2. The molecule has 0 spiro atoms. The molecule has 0 aliphatic carbocycles. The molecule has 5 aromatic heterocycles. The van der Waals surface area contributed by atoms with Crippen LogP contribution in [-0.2, 0) is 75.7 Å². The number of benzene rings is 1. The number of carbonyl (C=O) groups excluding carboxylic acids is 1. The first-order chi connectivity index (χ1) is 50.6. The number of para-hydroxylation sites is 1. The first kappa shape index (κ1) is 90.4. The van der Waals surface area contributed by atoms with Crippen molar-refractivity contribution in [2.45, 2.75) is 81.6 Å². The third-order valence-electron chi connectivity index (χ3n) is 13.9. The van der Waals surface area contributed by atoms with Gasteiger partial charge in [-0.15, -0.1) is 0 Å². The summed E-state index contributed by atoms with van der Waals surface area (Å²) in [5.41, 5.74) is 25.0. The number of hydrogen-bond donors (Lipinski definition) is 7. The van der Waals surface area contributed by atoms with Gasteiger partial charge in [-0.2, -0.15) is 4.98 Å². The van der Waals surface area contributed by atoms with Gasteiger partial charge in [-0.25, -0.2) is 29.7 Å². The van der Waals surface area contributed by atoms with Gasteiger partial charge in [-0.1, -0.05) is 83.2 Å². The van der Waals surface area contributed by atoms with E-state index in [0.717, 1.165) is 27.6 Å². The molecule has 0 radical (unpaired) electrons. The number of nitrogens with zero attached hydrogens (tertiary/aromatic N) is 8. The fraction of sp³-hybridized carbons (Fsp3) is 0.446. The van der Waals surface area contributed by atoms with Crippen LogP contribution in [0.15, 0.2) is 93.7 Å². The molecule has 0 saturated carbocycles. The molecular weight excluding hydrogens is 1350 g/mol. The summed E-state index contributed by atoms with van der Waals surface area (Å²) in [7, 11) is 22.6. The van der Waals surface area contributed by atoms with Crippen LogP contribution in [0.2, 0.25) is 0 Å². The third kappa shape index (κ3) is 37.4. The smallest absolute Gasteiger partial charge is 0.328 e. The van der Waals surface area contributed by atoms with E-state index in [1.165, 1.54) is 17.1 Å². The lowest BCUT2D eigenvalue weighted by Crippen LogP contribution is -2.33. The lowest BCUT2D eigenvalue weighted by molar-refractivity contribution is -0.116. The SMILES string of the molecule is COCC(CC#CC1=CCC(=N)NC1=O)OC.COCC(CC#Cc1ccc(N)nc1)OC.COCC(CC#Cc1cccc2c(N)ncnc12)OC.COCC(CC#Cc1cn(C)c(=O)[nH]c1=O)OC.COCC(CC#Cc1cn(C)c(N)nc1=O)OC.COCC(CC#Cc1cnc(N)nc1)OC. The number of fused-ring (bicyclic) bond motifs is 1. The molecule has 564 valence electrons. The number of methoxy groups -OCH3 is 12. The minimum atomic E-state index is -0.480. The van der Waals surface area contributed by atoms with Gasteiger partial charge in [-0.05, 0) is 24.3 Å². The zero-order valence-corrected chi connectivity index (χ0v) is 62.0. The summed E-state index contributed by atoms with van der Waals surface area (Å²) in [5, 5.41) is 10.5. The van der Waals surface area contributed by atoms with Crippen LogP contribution in [0, 0.1) is 76.5 Å². The quantitative estimate of drug-likeness (QED) is 0.0428. The molecule has 0 fully saturated rings. The van der Waals surface area contributed by atoms with Crippen LogP contribution in [-0.4, -0.2) is 217 Å². The summed E-state index contributed by atoms with van der Waals surface area (Å²) in [6, 6.07) is 9.27. The number of rotatable bonds is 24. The van der Waals surface area contributed by atoms with Crippen molar-refractivity contribution >= 4 is 46.2 Å². The Bertz CT molecular complexity index is 4160. The van der Waals surface area contributed by atoms with Crippen LogP contribution < -0.4 is 45.1 Å². The summed E-state index contributed by atoms with van der Waals surface area (Å²) in [5.74, 6) is 36.3. The molecule has 0 saturated heterocycles. The van der Waals surface area contributed by atoms with Crippen molar-refractivity contribution < 1.29 is 61.6 Å². The number of amidine groups is 1. The standard InChI is InChI=1S/C15H17N3O2.C12H17N3O3.C12H16N2O4.C12H16N2O3.C12H16N2O2.C11H15N3O2/c1-19-9-12(20-2)7-3-5-11-6-4-8-13-14(11)17-10-18-15(13)16;1-15-7-9(11(16)14-12(15)13)5-4-6-10(18-3)8-17-2;1-14-7-9(11(15)13-12(14)16)5-4-6-10(18-3)8-17-2;1-16-8-10(17-2)5-3-4-9-6-7-11(13)14-12(9)15;1-15-9-11(16-2)5-3-4-10-6-7-12(13)14-8-10;1-15-8-10(16-2)5-3-4-9-6-13-11(12)14-7-9/h4,6,8,10,12H,7,9H2,1-2H3,(H2,16,17,18);7,10H,6,8H2,1-3H3,(H2,13,14,16);7,10H,6,8H2,1-3H3,(H,13,15,16);6,10H,5,7-8H2,1-2H3,(H2,13,14,15);6-8,11H,5,9H2,1-2H3,(H2,13,14);6-7,10H,5,8H2,1-2H3,(H2,12,13,14). The fourth-order valence-electron chi connectivity index (χ4n) is 8.00. The number of H-pyrrole nitrogens is 1. The fourth-order valence-corrected chi connectivity index (χ4v) is 8.00. The average Bonchev–Trinajstić information content (AvgIpc) is 0.807. The zero-order chi connectivity index (χ0) is 77.7. The maximum atomic E-state index is 11.5. The topological polar surface area (TPSA) is 422 Å². The minimum absolute atomic E-state index is 0.00722. The number of ether oxygens (including phenoxy) is 12. The number of carbonyl (C=O) groups is 1. The van der Waals surface area contributed by atoms with E-state index in [1.807, 2.05) is 24.3 Å². The number of nitrogens with two attached hydrogens (primary N) is 4. The Labute approximate surface area is 613 Å².